The summed E-state index contributed by atoms with van der Waals surface area (Å²) in [5, 5.41) is 0. The van der Waals surface area contributed by atoms with E-state index in [2.05, 4.69) is 20.8 Å². The van der Waals surface area contributed by atoms with E-state index >= 15 is 0 Å². The van der Waals surface area contributed by atoms with E-state index in [1.807, 2.05) is 24.3 Å². The average molecular weight is 328 g/mol. The monoisotopic (exact) mass is 328 g/mol. The lowest BCUT2D eigenvalue weighted by atomic mass is 9.87. The Labute approximate surface area is 143 Å². The van der Waals surface area contributed by atoms with Crippen LogP contribution in [0.15, 0.2) is 48.5 Å². The van der Waals surface area contributed by atoms with Crippen molar-refractivity contribution >= 4 is 5.97 Å². The quantitative estimate of drug-likeness (QED) is 0.452. The fraction of sp³-hybridized carbons (Fsp3) is 0.350. The van der Waals surface area contributed by atoms with Gasteiger partial charge in [-0.1, -0.05) is 32.9 Å². The molecule has 128 valence electrons. The third-order valence-electron chi connectivity index (χ3n) is 3.58. The Balaban J connectivity index is 1.96. The van der Waals surface area contributed by atoms with Crippen molar-refractivity contribution in [3.8, 4) is 11.5 Å². The lowest BCUT2D eigenvalue weighted by Crippen LogP contribution is -2.12. The highest BCUT2D eigenvalue weighted by Gasteiger charge is 2.14. The van der Waals surface area contributed by atoms with Crippen molar-refractivity contribution in [2.24, 2.45) is 0 Å². The first kappa shape index (κ1) is 18.0. The van der Waals surface area contributed by atoms with Crippen LogP contribution in [0, 0.1) is 0 Å². The molecule has 0 aliphatic rings. The summed E-state index contributed by atoms with van der Waals surface area (Å²) in [7, 11) is 1.62. The highest BCUT2D eigenvalue weighted by Crippen LogP contribution is 2.24. The molecule has 4 nitrogen and oxygen atoms in total. The molecule has 24 heavy (non-hydrogen) atoms. The van der Waals surface area contributed by atoms with Gasteiger partial charge in [0.2, 0.25) is 0 Å². The van der Waals surface area contributed by atoms with Crippen LogP contribution >= 0.6 is 0 Å². The van der Waals surface area contributed by atoms with E-state index in [0.717, 1.165) is 0 Å². The van der Waals surface area contributed by atoms with Crippen LogP contribution in [-0.4, -0.2) is 26.3 Å². The minimum atomic E-state index is -0.387. The zero-order chi connectivity index (χ0) is 17.6. The Kier molecular flexibility index (Phi) is 5.99. The third-order valence-corrected chi connectivity index (χ3v) is 3.58. The van der Waals surface area contributed by atoms with Crippen LogP contribution in [-0.2, 0) is 10.2 Å². The normalized spacial score (nSPS) is 11.2. The van der Waals surface area contributed by atoms with Gasteiger partial charge in [0.15, 0.2) is 0 Å². The maximum Gasteiger partial charge on any atom is 0.343 e. The summed E-state index contributed by atoms with van der Waals surface area (Å²) in [5.74, 6) is 0.841. The van der Waals surface area contributed by atoms with Crippen LogP contribution in [0.5, 0.6) is 11.5 Å². The summed E-state index contributed by atoms with van der Waals surface area (Å²) in [6, 6.07) is 14.5. The van der Waals surface area contributed by atoms with Gasteiger partial charge in [0.25, 0.3) is 0 Å². The molecule has 2 aromatic rings. The van der Waals surface area contributed by atoms with Crippen LogP contribution in [0.2, 0.25) is 0 Å². The molecular formula is C20H24O4. The maximum atomic E-state index is 12.2. The van der Waals surface area contributed by atoms with Gasteiger partial charge in [-0.05, 0) is 47.4 Å². The average Bonchev–Trinajstić information content (AvgIpc) is 2.55. The van der Waals surface area contributed by atoms with Crippen molar-refractivity contribution in [3.63, 3.8) is 0 Å². The number of carbonyl (C=O) groups excluding carboxylic acids is 1. The Morgan fingerprint density at radius 1 is 0.875 bits per heavy atom. The lowest BCUT2D eigenvalue weighted by Gasteiger charge is -2.19. The van der Waals surface area contributed by atoms with E-state index in [1.54, 1.807) is 31.4 Å². The summed E-state index contributed by atoms with van der Waals surface area (Å²) >= 11 is 0. The van der Waals surface area contributed by atoms with Crippen LogP contribution in [0.3, 0.4) is 0 Å². The van der Waals surface area contributed by atoms with Crippen molar-refractivity contribution in [3.05, 3.63) is 59.7 Å². The van der Waals surface area contributed by atoms with Gasteiger partial charge in [0.1, 0.15) is 18.1 Å². The number of carbonyl (C=O) groups is 1. The number of hydrogen-bond acceptors (Lipinski definition) is 4. The minimum absolute atomic E-state index is 0.0706. The standard InChI is InChI=1S/C20H24O4/c1-20(2,3)16-7-11-18(12-8-16)24-19(21)15-5-9-17(10-6-15)23-14-13-22-4/h5-12H,13-14H2,1-4H3. The number of ether oxygens (including phenoxy) is 3. The second-order valence-electron chi connectivity index (χ2n) is 6.53. The molecule has 0 saturated carbocycles. The molecule has 0 radical (unpaired) electrons. The van der Waals surface area contributed by atoms with Gasteiger partial charge < -0.3 is 14.2 Å². The predicted molar refractivity (Wildman–Crippen MR) is 93.9 cm³/mol. The topological polar surface area (TPSA) is 44.8 Å². The number of benzene rings is 2. The second kappa shape index (κ2) is 7.97. The number of methoxy groups -OCH3 is 1. The van der Waals surface area contributed by atoms with Crippen molar-refractivity contribution < 1.29 is 19.0 Å². The summed E-state index contributed by atoms with van der Waals surface area (Å²) in [6.07, 6.45) is 0. The van der Waals surface area contributed by atoms with Crippen LogP contribution in [0.4, 0.5) is 0 Å². The Bertz CT molecular complexity index is 652. The van der Waals surface area contributed by atoms with E-state index in [4.69, 9.17) is 14.2 Å². The Morgan fingerprint density at radius 3 is 2.00 bits per heavy atom. The van der Waals surface area contributed by atoms with Gasteiger partial charge in [-0.2, -0.15) is 0 Å². The van der Waals surface area contributed by atoms with Gasteiger partial charge in [-0.25, -0.2) is 4.79 Å². The molecule has 0 aliphatic carbocycles. The van der Waals surface area contributed by atoms with E-state index in [0.29, 0.717) is 30.3 Å². The Morgan fingerprint density at radius 2 is 1.46 bits per heavy atom. The fourth-order valence-electron chi connectivity index (χ4n) is 2.12. The molecule has 0 aliphatic heterocycles. The predicted octanol–water partition coefficient (Wildman–Crippen LogP) is 4.23. The SMILES string of the molecule is COCCOc1ccc(C(=O)Oc2ccc(C(C)(C)C)cc2)cc1. The largest absolute Gasteiger partial charge is 0.491 e. The summed E-state index contributed by atoms with van der Waals surface area (Å²) in [6.45, 7) is 7.42. The first-order chi connectivity index (χ1) is 11.4. The molecule has 2 aromatic carbocycles. The molecule has 4 heteroatoms. The smallest absolute Gasteiger partial charge is 0.343 e. The fourth-order valence-corrected chi connectivity index (χ4v) is 2.12. The molecule has 0 spiro atoms. The van der Waals surface area contributed by atoms with Gasteiger partial charge >= 0.3 is 5.97 Å². The van der Waals surface area contributed by atoms with Gasteiger partial charge in [0.05, 0.1) is 12.2 Å². The van der Waals surface area contributed by atoms with Crippen LogP contribution in [0.25, 0.3) is 0 Å². The zero-order valence-electron chi connectivity index (χ0n) is 14.7. The summed E-state index contributed by atoms with van der Waals surface area (Å²) < 4.78 is 15.8. The molecule has 0 heterocycles. The van der Waals surface area contributed by atoms with Crippen LogP contribution < -0.4 is 9.47 Å². The molecule has 2 rings (SSSR count). The lowest BCUT2D eigenvalue weighted by molar-refractivity contribution is 0.0734. The van der Waals surface area contributed by atoms with E-state index < -0.39 is 0 Å². The summed E-state index contributed by atoms with van der Waals surface area (Å²) in [4.78, 5) is 12.2. The highest BCUT2D eigenvalue weighted by atomic mass is 16.5. The van der Waals surface area contributed by atoms with Gasteiger partial charge in [-0.15, -0.1) is 0 Å². The Hall–Kier alpha value is -2.33. The molecule has 0 saturated heterocycles. The van der Waals surface area contributed by atoms with E-state index in [-0.39, 0.29) is 11.4 Å². The van der Waals surface area contributed by atoms with Crippen molar-refractivity contribution in [1.29, 1.82) is 0 Å². The van der Waals surface area contributed by atoms with Gasteiger partial charge in [0, 0.05) is 7.11 Å². The third kappa shape index (κ3) is 5.10. The van der Waals surface area contributed by atoms with Crippen molar-refractivity contribution in [2.45, 2.75) is 26.2 Å². The molecule has 0 atom stereocenters. The molecule has 0 N–H and O–H groups in total. The minimum Gasteiger partial charge on any atom is -0.491 e. The molecule has 0 amide bonds. The maximum absolute atomic E-state index is 12.2. The highest BCUT2D eigenvalue weighted by molar-refractivity contribution is 5.91. The van der Waals surface area contributed by atoms with Crippen molar-refractivity contribution in [2.75, 3.05) is 20.3 Å². The second-order valence-corrected chi connectivity index (χ2v) is 6.53. The molecule has 0 unspecified atom stereocenters. The number of hydrogen-bond donors (Lipinski definition) is 0. The number of esters is 1. The van der Waals surface area contributed by atoms with Gasteiger partial charge in [-0.3, -0.25) is 0 Å². The zero-order valence-corrected chi connectivity index (χ0v) is 14.7. The summed E-state index contributed by atoms with van der Waals surface area (Å²) in [5.41, 5.74) is 1.75. The van der Waals surface area contributed by atoms with Crippen molar-refractivity contribution in [1.82, 2.24) is 0 Å². The van der Waals surface area contributed by atoms with E-state index in [9.17, 15) is 4.79 Å². The first-order valence-electron chi connectivity index (χ1n) is 7.94. The van der Waals surface area contributed by atoms with Crippen LogP contribution in [0.1, 0.15) is 36.7 Å². The number of rotatable bonds is 6. The molecular weight excluding hydrogens is 304 g/mol. The van der Waals surface area contributed by atoms with E-state index in [1.165, 1.54) is 5.56 Å². The first-order valence-corrected chi connectivity index (χ1v) is 7.94. The molecule has 0 bridgehead atoms. The molecule has 0 fully saturated rings. The molecule has 0 aromatic heterocycles.